The lowest BCUT2D eigenvalue weighted by Crippen LogP contribution is -1.98. The maximum absolute atomic E-state index is 5.29. The molecule has 0 spiro atoms. The van der Waals surface area contributed by atoms with Crippen LogP contribution in [0, 0.1) is 0 Å². The number of rotatable bonds is 3. The molecular weight excluding hydrogens is 494 g/mol. The van der Waals surface area contributed by atoms with E-state index in [-0.39, 0.29) is 0 Å². The molecule has 0 aliphatic heterocycles. The normalized spacial score (nSPS) is 11.6. The Morgan fingerprint density at radius 2 is 1.05 bits per heavy atom. The Kier molecular flexibility index (Phi) is 5.00. The highest BCUT2D eigenvalue weighted by atomic mass is 32.1. The summed E-state index contributed by atoms with van der Waals surface area (Å²) >= 11 is 1.84. The van der Waals surface area contributed by atoms with Crippen molar-refractivity contribution in [3.63, 3.8) is 0 Å². The number of thiophene rings is 1. The van der Waals surface area contributed by atoms with Crippen molar-refractivity contribution in [2.24, 2.45) is 0 Å². The Morgan fingerprint density at radius 3 is 1.85 bits per heavy atom. The number of hydrogen-bond donors (Lipinski definition) is 0. The van der Waals surface area contributed by atoms with Gasteiger partial charge in [-0.25, -0.2) is 15.0 Å². The number of aromatic nitrogens is 3. The molecule has 0 fully saturated rings. The van der Waals surface area contributed by atoms with Gasteiger partial charge in [-0.3, -0.25) is 0 Å². The number of nitrogens with zero attached hydrogens (tertiary/aromatic N) is 3. The molecule has 3 aromatic heterocycles. The average Bonchev–Trinajstić information content (AvgIpc) is 3.38. The van der Waals surface area contributed by atoms with Gasteiger partial charge in [0.1, 0.15) is 0 Å². The van der Waals surface area contributed by atoms with Crippen molar-refractivity contribution >= 4 is 53.2 Å². The fraction of sp³-hybridized carbons (Fsp3) is 0. The second-order valence-electron chi connectivity index (χ2n) is 9.66. The van der Waals surface area contributed by atoms with Crippen molar-refractivity contribution in [1.29, 1.82) is 0 Å². The fourth-order valence-electron chi connectivity index (χ4n) is 5.41. The third kappa shape index (κ3) is 3.69. The van der Waals surface area contributed by atoms with Crippen molar-refractivity contribution in [3.05, 3.63) is 127 Å². The topological polar surface area (TPSA) is 38.7 Å². The predicted octanol–water partition coefficient (Wildman–Crippen LogP) is 9.55. The summed E-state index contributed by atoms with van der Waals surface area (Å²) in [4.78, 5) is 15.4. The highest BCUT2D eigenvalue weighted by molar-refractivity contribution is 7.25. The second kappa shape index (κ2) is 8.83. The van der Waals surface area contributed by atoms with Crippen LogP contribution in [0.3, 0.4) is 0 Å². The van der Waals surface area contributed by atoms with Crippen LogP contribution in [0.4, 0.5) is 0 Å². The summed E-state index contributed by atoms with van der Waals surface area (Å²) < 4.78 is 2.58. The SMILES string of the molecule is c1ccc(-c2cc(-c3nc4cc5c(cc4c4ccccc34)sc3ccccc35)nc(-c3ccccc3)n2)cc1. The largest absolute Gasteiger partial charge is 0.245 e. The first-order valence-corrected chi connectivity index (χ1v) is 13.8. The lowest BCUT2D eigenvalue weighted by Gasteiger charge is -2.12. The maximum atomic E-state index is 5.29. The molecule has 8 rings (SSSR count). The molecule has 0 unspecified atom stereocenters. The van der Waals surface area contributed by atoms with E-state index in [1.165, 1.54) is 25.6 Å². The molecule has 0 amide bonds. The number of fused-ring (bicyclic) bond motifs is 6. The van der Waals surface area contributed by atoms with Crippen LogP contribution < -0.4 is 0 Å². The molecule has 0 aliphatic carbocycles. The van der Waals surface area contributed by atoms with Gasteiger partial charge in [-0.1, -0.05) is 103 Å². The Morgan fingerprint density at radius 1 is 0.410 bits per heavy atom. The molecule has 0 bridgehead atoms. The highest BCUT2D eigenvalue weighted by Gasteiger charge is 2.17. The van der Waals surface area contributed by atoms with Gasteiger partial charge in [0.15, 0.2) is 5.82 Å². The van der Waals surface area contributed by atoms with Crippen LogP contribution >= 0.6 is 11.3 Å². The molecule has 5 aromatic carbocycles. The van der Waals surface area contributed by atoms with E-state index in [1.807, 2.05) is 47.7 Å². The Balaban J connectivity index is 1.45. The van der Waals surface area contributed by atoms with E-state index in [0.29, 0.717) is 5.82 Å². The lowest BCUT2D eigenvalue weighted by atomic mass is 10.00. The molecule has 0 radical (unpaired) electrons. The van der Waals surface area contributed by atoms with Crippen LogP contribution in [0.25, 0.3) is 75.9 Å². The molecule has 8 aromatic rings. The van der Waals surface area contributed by atoms with Crippen LogP contribution in [0.1, 0.15) is 0 Å². The minimum absolute atomic E-state index is 0.692. The molecular formula is C35H21N3S. The lowest BCUT2D eigenvalue weighted by molar-refractivity contribution is 1.17. The van der Waals surface area contributed by atoms with Crippen LogP contribution in [-0.4, -0.2) is 15.0 Å². The van der Waals surface area contributed by atoms with Crippen molar-refractivity contribution in [1.82, 2.24) is 15.0 Å². The van der Waals surface area contributed by atoms with E-state index >= 15 is 0 Å². The Hall–Kier alpha value is -4.93. The zero-order valence-electron chi connectivity index (χ0n) is 20.9. The summed E-state index contributed by atoms with van der Waals surface area (Å²) in [6.45, 7) is 0. The minimum Gasteiger partial charge on any atom is -0.245 e. The number of benzene rings is 5. The molecule has 0 saturated carbocycles. The monoisotopic (exact) mass is 515 g/mol. The van der Waals surface area contributed by atoms with Gasteiger partial charge < -0.3 is 0 Å². The number of hydrogen-bond acceptors (Lipinski definition) is 4. The first kappa shape index (κ1) is 22.1. The van der Waals surface area contributed by atoms with Crippen LogP contribution in [0.2, 0.25) is 0 Å². The molecule has 0 aliphatic rings. The summed E-state index contributed by atoms with van der Waals surface area (Å²) in [6.07, 6.45) is 0. The van der Waals surface area contributed by atoms with E-state index < -0.39 is 0 Å². The summed E-state index contributed by atoms with van der Waals surface area (Å²) in [6, 6.07) is 44.2. The average molecular weight is 516 g/mol. The molecule has 3 heterocycles. The van der Waals surface area contributed by atoms with Crippen LogP contribution in [-0.2, 0) is 0 Å². The Bertz CT molecular complexity index is 2110. The van der Waals surface area contributed by atoms with E-state index in [0.717, 1.165) is 44.5 Å². The van der Waals surface area contributed by atoms with Crippen LogP contribution in [0.15, 0.2) is 127 Å². The first-order valence-electron chi connectivity index (χ1n) is 13.0. The van der Waals surface area contributed by atoms with Crippen molar-refractivity contribution in [2.45, 2.75) is 0 Å². The van der Waals surface area contributed by atoms with E-state index in [9.17, 15) is 0 Å². The highest BCUT2D eigenvalue weighted by Crippen LogP contribution is 2.40. The Labute approximate surface area is 229 Å². The zero-order chi connectivity index (χ0) is 25.8. The smallest absolute Gasteiger partial charge is 0.160 e. The van der Waals surface area contributed by atoms with Gasteiger partial charge in [-0.15, -0.1) is 11.3 Å². The van der Waals surface area contributed by atoms with Gasteiger partial charge in [-0.05, 0) is 29.7 Å². The van der Waals surface area contributed by atoms with Crippen molar-refractivity contribution in [3.8, 4) is 34.0 Å². The second-order valence-corrected chi connectivity index (χ2v) is 10.7. The van der Waals surface area contributed by atoms with E-state index in [2.05, 4.69) is 91.0 Å². The van der Waals surface area contributed by atoms with E-state index in [4.69, 9.17) is 15.0 Å². The molecule has 0 atom stereocenters. The first-order chi connectivity index (χ1) is 19.3. The summed E-state index contributed by atoms with van der Waals surface area (Å²) in [5, 5.41) is 5.94. The standard InChI is InChI=1S/C35H21N3S/c1-3-11-22(12-4-1)29-21-31(38-35(37-29)23-13-5-2-6-14-23)34-26-17-8-7-15-24(26)27-20-33-28(19-30(27)36-34)25-16-9-10-18-32(25)39-33/h1-21H. The van der Waals surface area contributed by atoms with Crippen LogP contribution in [0.5, 0.6) is 0 Å². The quantitative estimate of drug-likeness (QED) is 0.220. The summed E-state index contributed by atoms with van der Waals surface area (Å²) in [5.74, 6) is 0.692. The third-order valence-corrected chi connectivity index (χ3v) is 8.40. The van der Waals surface area contributed by atoms with Gasteiger partial charge in [0.2, 0.25) is 0 Å². The number of pyridine rings is 1. The molecule has 3 nitrogen and oxygen atoms in total. The van der Waals surface area contributed by atoms with E-state index in [1.54, 1.807) is 0 Å². The predicted molar refractivity (Wildman–Crippen MR) is 164 cm³/mol. The summed E-state index contributed by atoms with van der Waals surface area (Å²) in [7, 11) is 0. The van der Waals surface area contributed by atoms with Gasteiger partial charge in [0.25, 0.3) is 0 Å². The van der Waals surface area contributed by atoms with Gasteiger partial charge in [-0.2, -0.15) is 0 Å². The molecule has 182 valence electrons. The van der Waals surface area contributed by atoms with Crippen molar-refractivity contribution < 1.29 is 0 Å². The molecule has 0 N–H and O–H groups in total. The molecule has 4 heteroatoms. The fourth-order valence-corrected chi connectivity index (χ4v) is 6.54. The van der Waals surface area contributed by atoms with Crippen molar-refractivity contribution in [2.75, 3.05) is 0 Å². The molecule has 0 saturated heterocycles. The molecule has 39 heavy (non-hydrogen) atoms. The summed E-state index contributed by atoms with van der Waals surface area (Å²) in [5.41, 5.74) is 5.57. The van der Waals surface area contributed by atoms with Gasteiger partial charge >= 0.3 is 0 Å². The minimum atomic E-state index is 0.692. The maximum Gasteiger partial charge on any atom is 0.160 e. The van der Waals surface area contributed by atoms with Gasteiger partial charge in [0.05, 0.1) is 22.6 Å². The zero-order valence-corrected chi connectivity index (χ0v) is 21.7. The van der Waals surface area contributed by atoms with Gasteiger partial charge in [0, 0.05) is 42.1 Å². The third-order valence-electron chi connectivity index (χ3n) is 7.27.